The third-order valence-corrected chi connectivity index (χ3v) is 6.06. The van der Waals surface area contributed by atoms with E-state index in [9.17, 15) is 9.59 Å². The molecule has 1 aromatic carbocycles. The Bertz CT molecular complexity index is 1110. The highest BCUT2D eigenvalue weighted by Gasteiger charge is 2.21. The number of pyridine rings is 1. The van der Waals surface area contributed by atoms with Crippen molar-refractivity contribution in [3.8, 4) is 16.5 Å². The lowest BCUT2D eigenvalue weighted by molar-refractivity contribution is -0.119. The minimum absolute atomic E-state index is 0.266. The molecular weight excluding hydrogens is 428 g/mol. The highest BCUT2D eigenvalue weighted by atomic mass is 32.1. The summed E-state index contributed by atoms with van der Waals surface area (Å²) >= 11 is 1.39. The molecule has 0 saturated carbocycles. The van der Waals surface area contributed by atoms with Crippen molar-refractivity contribution < 1.29 is 14.3 Å². The number of anilines is 2. The molecule has 2 aromatic heterocycles. The van der Waals surface area contributed by atoms with Crippen LogP contribution < -0.4 is 20.7 Å². The van der Waals surface area contributed by atoms with Crippen LogP contribution in [0.4, 0.5) is 11.4 Å². The standard InChI is InChI=1S/C22H24N6O3S/c1-31-20-12-15(6-7-24-20)22-26-17(14-32-22)21(30)25-16-4-2-3-5-18(16)28-10-8-27(9-11-28)13-19(23)29/h2-7,12,14H,8-11,13H2,1H3,(H2,23,29)(H,25,30). The lowest BCUT2D eigenvalue weighted by Gasteiger charge is -2.36. The molecule has 0 spiro atoms. The Morgan fingerprint density at radius 3 is 2.72 bits per heavy atom. The van der Waals surface area contributed by atoms with Crippen molar-refractivity contribution >= 4 is 34.5 Å². The molecule has 0 unspecified atom stereocenters. The van der Waals surface area contributed by atoms with Gasteiger partial charge in [-0.1, -0.05) is 12.1 Å². The molecule has 10 heteroatoms. The van der Waals surface area contributed by atoms with Crippen LogP contribution in [0.25, 0.3) is 10.6 Å². The minimum Gasteiger partial charge on any atom is -0.481 e. The van der Waals surface area contributed by atoms with Crippen molar-refractivity contribution in [1.82, 2.24) is 14.9 Å². The summed E-state index contributed by atoms with van der Waals surface area (Å²) in [6.07, 6.45) is 1.65. The van der Waals surface area contributed by atoms with E-state index in [0.29, 0.717) is 11.6 Å². The maximum Gasteiger partial charge on any atom is 0.275 e. The number of aromatic nitrogens is 2. The van der Waals surface area contributed by atoms with Gasteiger partial charge in [-0.15, -0.1) is 11.3 Å². The zero-order chi connectivity index (χ0) is 22.5. The van der Waals surface area contributed by atoms with E-state index in [0.717, 1.165) is 48.1 Å². The zero-order valence-electron chi connectivity index (χ0n) is 17.7. The Balaban J connectivity index is 1.46. The number of hydrogen-bond donors (Lipinski definition) is 2. The third-order valence-electron chi connectivity index (χ3n) is 5.17. The summed E-state index contributed by atoms with van der Waals surface area (Å²) in [4.78, 5) is 36.9. The van der Waals surface area contributed by atoms with Gasteiger partial charge in [-0.3, -0.25) is 14.5 Å². The highest BCUT2D eigenvalue weighted by Crippen LogP contribution is 2.29. The van der Waals surface area contributed by atoms with Crippen LogP contribution in [0.3, 0.4) is 0 Å². The van der Waals surface area contributed by atoms with Crippen molar-refractivity contribution in [1.29, 1.82) is 0 Å². The number of hydrogen-bond acceptors (Lipinski definition) is 8. The van der Waals surface area contributed by atoms with E-state index in [-0.39, 0.29) is 18.4 Å². The number of rotatable bonds is 7. The first-order valence-corrected chi connectivity index (χ1v) is 11.0. The summed E-state index contributed by atoms with van der Waals surface area (Å²) < 4.78 is 5.16. The molecule has 2 amide bonds. The number of thiazole rings is 1. The van der Waals surface area contributed by atoms with Crippen LogP contribution in [0.5, 0.6) is 5.88 Å². The Kier molecular flexibility index (Phi) is 6.62. The maximum absolute atomic E-state index is 12.9. The molecule has 3 heterocycles. The molecule has 32 heavy (non-hydrogen) atoms. The molecule has 0 aliphatic carbocycles. The van der Waals surface area contributed by atoms with Crippen LogP contribution in [-0.2, 0) is 4.79 Å². The third kappa shape index (κ3) is 5.04. The van der Waals surface area contributed by atoms with Crippen molar-refractivity contribution in [3.63, 3.8) is 0 Å². The van der Waals surface area contributed by atoms with Crippen LogP contribution >= 0.6 is 11.3 Å². The Morgan fingerprint density at radius 2 is 1.97 bits per heavy atom. The van der Waals surface area contributed by atoms with Gasteiger partial charge >= 0.3 is 0 Å². The first kappa shape index (κ1) is 21.7. The smallest absolute Gasteiger partial charge is 0.275 e. The molecule has 0 bridgehead atoms. The van der Waals surface area contributed by atoms with E-state index in [4.69, 9.17) is 10.5 Å². The van der Waals surface area contributed by atoms with Crippen LogP contribution in [-0.4, -0.2) is 66.5 Å². The number of primary amides is 1. The van der Waals surface area contributed by atoms with E-state index in [2.05, 4.69) is 20.2 Å². The van der Waals surface area contributed by atoms with Crippen LogP contribution in [0.2, 0.25) is 0 Å². The van der Waals surface area contributed by atoms with Gasteiger partial charge in [-0.05, 0) is 18.2 Å². The fraction of sp³-hybridized carbons (Fsp3) is 0.273. The Hall–Kier alpha value is -3.50. The van der Waals surface area contributed by atoms with Gasteiger partial charge in [0.15, 0.2) is 0 Å². The minimum atomic E-state index is -0.320. The largest absolute Gasteiger partial charge is 0.481 e. The molecule has 9 nitrogen and oxygen atoms in total. The highest BCUT2D eigenvalue weighted by molar-refractivity contribution is 7.13. The molecule has 3 N–H and O–H groups in total. The molecule has 1 aliphatic rings. The van der Waals surface area contributed by atoms with Gasteiger partial charge < -0.3 is 20.7 Å². The second kappa shape index (κ2) is 9.75. The van der Waals surface area contributed by atoms with E-state index < -0.39 is 0 Å². The van der Waals surface area contributed by atoms with E-state index in [1.165, 1.54) is 11.3 Å². The van der Waals surface area contributed by atoms with Crippen LogP contribution in [0.1, 0.15) is 10.5 Å². The van der Waals surface area contributed by atoms with Gasteiger partial charge in [-0.25, -0.2) is 9.97 Å². The number of carbonyl (C=O) groups is 2. The average molecular weight is 453 g/mol. The normalized spacial score (nSPS) is 14.2. The SMILES string of the molecule is COc1cc(-c2nc(C(=O)Nc3ccccc3N3CCN(CC(N)=O)CC3)cs2)ccn1. The number of benzene rings is 1. The maximum atomic E-state index is 12.9. The summed E-state index contributed by atoms with van der Waals surface area (Å²) in [5.74, 6) is -0.0964. The van der Waals surface area contributed by atoms with Crippen molar-refractivity contribution in [2.45, 2.75) is 0 Å². The van der Waals surface area contributed by atoms with Gasteiger partial charge in [0.2, 0.25) is 11.8 Å². The summed E-state index contributed by atoms with van der Waals surface area (Å²) in [6, 6.07) is 11.3. The monoisotopic (exact) mass is 452 g/mol. The summed E-state index contributed by atoms with van der Waals surface area (Å²) in [6.45, 7) is 3.21. The lowest BCUT2D eigenvalue weighted by Crippen LogP contribution is -2.49. The molecule has 4 rings (SSSR count). The number of carbonyl (C=O) groups excluding carboxylic acids is 2. The number of piperazine rings is 1. The number of nitrogens with two attached hydrogens (primary N) is 1. The molecule has 1 saturated heterocycles. The van der Waals surface area contributed by atoms with Crippen molar-refractivity contribution in [2.24, 2.45) is 5.73 Å². The molecule has 1 aliphatic heterocycles. The number of ether oxygens (including phenoxy) is 1. The fourth-order valence-corrected chi connectivity index (χ4v) is 4.37. The predicted molar refractivity (Wildman–Crippen MR) is 124 cm³/mol. The molecule has 0 atom stereocenters. The molecule has 166 valence electrons. The fourth-order valence-electron chi connectivity index (χ4n) is 3.57. The van der Waals surface area contributed by atoms with E-state index >= 15 is 0 Å². The molecule has 1 fully saturated rings. The zero-order valence-corrected chi connectivity index (χ0v) is 18.5. The second-order valence-electron chi connectivity index (χ2n) is 7.33. The topological polar surface area (TPSA) is 114 Å². The molecule has 3 aromatic rings. The first-order valence-electron chi connectivity index (χ1n) is 10.2. The number of nitrogens with zero attached hydrogens (tertiary/aromatic N) is 4. The number of methoxy groups -OCH3 is 1. The van der Waals surface area contributed by atoms with Gasteiger partial charge in [-0.2, -0.15) is 0 Å². The average Bonchev–Trinajstić information content (AvgIpc) is 3.30. The summed E-state index contributed by atoms with van der Waals surface area (Å²) in [5.41, 5.74) is 8.15. The van der Waals surface area contributed by atoms with Gasteiger partial charge in [0.1, 0.15) is 10.7 Å². The number of nitrogens with one attached hydrogen (secondary N) is 1. The van der Waals surface area contributed by atoms with Crippen molar-refractivity contribution in [3.05, 3.63) is 53.7 Å². The molecular formula is C22H24N6O3S. The van der Waals surface area contributed by atoms with Gasteiger partial charge in [0, 0.05) is 49.4 Å². The van der Waals surface area contributed by atoms with E-state index in [1.807, 2.05) is 35.2 Å². The second-order valence-corrected chi connectivity index (χ2v) is 8.18. The Labute approximate surface area is 189 Å². The lowest BCUT2D eigenvalue weighted by atomic mass is 10.2. The van der Waals surface area contributed by atoms with Crippen LogP contribution in [0.15, 0.2) is 48.0 Å². The predicted octanol–water partition coefficient (Wildman–Crippen LogP) is 2.07. The van der Waals surface area contributed by atoms with E-state index in [1.54, 1.807) is 24.8 Å². The summed E-state index contributed by atoms with van der Waals surface area (Å²) in [7, 11) is 1.56. The van der Waals surface area contributed by atoms with Crippen molar-refractivity contribution in [2.75, 3.05) is 50.1 Å². The number of para-hydroxylation sites is 2. The molecule has 0 radical (unpaired) electrons. The first-order chi connectivity index (χ1) is 15.5. The number of amides is 2. The van der Waals surface area contributed by atoms with Gasteiger partial charge in [0.25, 0.3) is 5.91 Å². The quantitative estimate of drug-likeness (QED) is 0.564. The van der Waals surface area contributed by atoms with Gasteiger partial charge in [0.05, 0.1) is 25.0 Å². The van der Waals surface area contributed by atoms with Crippen LogP contribution in [0, 0.1) is 0 Å². The summed E-state index contributed by atoms with van der Waals surface area (Å²) in [5, 5.41) is 5.45. The Morgan fingerprint density at radius 1 is 1.19 bits per heavy atom.